The van der Waals surface area contributed by atoms with Crippen molar-refractivity contribution in [1.29, 1.82) is 0 Å². The Morgan fingerprint density at radius 2 is 1.94 bits per heavy atom. The van der Waals surface area contributed by atoms with Crippen LogP contribution in [-0.4, -0.2) is 64.4 Å². The molecule has 33 heavy (non-hydrogen) atoms. The number of ether oxygens (including phenoxy) is 1. The van der Waals surface area contributed by atoms with Crippen LogP contribution in [0.4, 0.5) is 5.69 Å². The lowest BCUT2D eigenvalue weighted by Crippen LogP contribution is -2.35. The first-order valence-electron chi connectivity index (χ1n) is 11.5. The number of H-pyrrole nitrogens is 1. The number of imidazole rings is 1. The summed E-state index contributed by atoms with van der Waals surface area (Å²) in [5.41, 5.74) is 4.73. The fraction of sp³-hybridized carbons (Fsp3) is 0.400. The molecule has 8 nitrogen and oxygen atoms in total. The molecule has 2 saturated heterocycles. The summed E-state index contributed by atoms with van der Waals surface area (Å²) in [6.45, 7) is 7.07. The van der Waals surface area contributed by atoms with Crippen molar-refractivity contribution in [2.75, 3.05) is 38.2 Å². The van der Waals surface area contributed by atoms with Gasteiger partial charge >= 0.3 is 0 Å². The first-order chi connectivity index (χ1) is 16.0. The zero-order valence-electron chi connectivity index (χ0n) is 18.8. The first kappa shape index (κ1) is 21.6. The molecule has 0 bridgehead atoms. The van der Waals surface area contributed by atoms with Gasteiger partial charge in [-0.05, 0) is 30.7 Å². The number of nitrogens with one attached hydrogen (secondary N) is 2. The normalized spacial score (nSPS) is 19.4. The molecule has 0 aliphatic carbocycles. The first-order valence-corrected chi connectivity index (χ1v) is 11.5. The van der Waals surface area contributed by atoms with Crippen LogP contribution in [0, 0.1) is 12.8 Å². The number of aromatic amines is 1. The third-order valence-electron chi connectivity index (χ3n) is 6.35. The van der Waals surface area contributed by atoms with Gasteiger partial charge in [-0.3, -0.25) is 14.5 Å². The molecule has 3 aromatic rings. The molecule has 5 rings (SSSR count). The molecule has 2 amide bonds. The SMILES string of the molecule is Cc1ccc(CN2CC(C(=O)Nc3ccc4nc(CN5CCOCC5)[nH]c4c3)CC2=O)cc1. The Bertz CT molecular complexity index is 1150. The molecular weight excluding hydrogens is 418 g/mol. The predicted molar refractivity (Wildman–Crippen MR) is 126 cm³/mol. The fourth-order valence-electron chi connectivity index (χ4n) is 4.44. The van der Waals surface area contributed by atoms with E-state index < -0.39 is 0 Å². The molecule has 172 valence electrons. The van der Waals surface area contributed by atoms with E-state index in [0.717, 1.165) is 55.3 Å². The molecule has 8 heteroatoms. The van der Waals surface area contributed by atoms with E-state index >= 15 is 0 Å². The monoisotopic (exact) mass is 447 g/mol. The summed E-state index contributed by atoms with van der Waals surface area (Å²) in [5, 5.41) is 2.99. The van der Waals surface area contributed by atoms with Gasteiger partial charge in [-0.15, -0.1) is 0 Å². The average molecular weight is 448 g/mol. The summed E-state index contributed by atoms with van der Waals surface area (Å²) in [4.78, 5) is 37.5. The summed E-state index contributed by atoms with van der Waals surface area (Å²) in [7, 11) is 0. The highest BCUT2D eigenvalue weighted by atomic mass is 16.5. The van der Waals surface area contributed by atoms with Gasteiger partial charge in [0.1, 0.15) is 5.82 Å². The van der Waals surface area contributed by atoms with Gasteiger partial charge in [-0.1, -0.05) is 29.8 Å². The quantitative estimate of drug-likeness (QED) is 0.606. The van der Waals surface area contributed by atoms with Crippen LogP contribution in [0.3, 0.4) is 0 Å². The van der Waals surface area contributed by atoms with Gasteiger partial charge in [0.25, 0.3) is 0 Å². The largest absolute Gasteiger partial charge is 0.379 e. The molecule has 1 unspecified atom stereocenters. The van der Waals surface area contributed by atoms with Crippen LogP contribution < -0.4 is 5.32 Å². The number of anilines is 1. The minimum atomic E-state index is -0.350. The Hall–Kier alpha value is -3.23. The van der Waals surface area contributed by atoms with Crippen LogP contribution in [0.2, 0.25) is 0 Å². The number of carbonyl (C=O) groups excluding carboxylic acids is 2. The van der Waals surface area contributed by atoms with Crippen LogP contribution in [0.1, 0.15) is 23.4 Å². The van der Waals surface area contributed by atoms with E-state index in [-0.39, 0.29) is 24.2 Å². The van der Waals surface area contributed by atoms with Crippen molar-refractivity contribution < 1.29 is 14.3 Å². The number of likely N-dealkylation sites (tertiary alicyclic amines) is 1. The smallest absolute Gasteiger partial charge is 0.229 e. The van der Waals surface area contributed by atoms with Gasteiger partial charge in [-0.25, -0.2) is 4.98 Å². The Kier molecular flexibility index (Phi) is 6.11. The van der Waals surface area contributed by atoms with E-state index in [1.54, 1.807) is 4.90 Å². The molecule has 0 saturated carbocycles. The highest BCUT2D eigenvalue weighted by Gasteiger charge is 2.34. The molecule has 2 N–H and O–H groups in total. The molecule has 0 radical (unpaired) electrons. The maximum Gasteiger partial charge on any atom is 0.229 e. The second-order valence-electron chi connectivity index (χ2n) is 8.95. The van der Waals surface area contributed by atoms with Crippen molar-refractivity contribution in [1.82, 2.24) is 19.8 Å². The average Bonchev–Trinajstić information content (AvgIpc) is 3.38. The number of rotatable bonds is 6. The number of carbonyl (C=O) groups is 2. The Labute approximate surface area is 192 Å². The summed E-state index contributed by atoms with van der Waals surface area (Å²) >= 11 is 0. The van der Waals surface area contributed by atoms with E-state index in [9.17, 15) is 9.59 Å². The summed E-state index contributed by atoms with van der Waals surface area (Å²) in [6, 6.07) is 13.8. The van der Waals surface area contributed by atoms with Crippen molar-refractivity contribution >= 4 is 28.5 Å². The predicted octanol–water partition coefficient (Wildman–Crippen LogP) is 2.69. The lowest BCUT2D eigenvalue weighted by molar-refractivity contribution is -0.128. The zero-order chi connectivity index (χ0) is 22.8. The van der Waals surface area contributed by atoms with E-state index in [1.807, 2.05) is 49.4 Å². The standard InChI is InChI=1S/C25H29N5O3/c1-17-2-4-18(5-3-17)14-30-15-19(12-24(30)31)25(32)26-20-6-7-21-22(13-20)28-23(27-21)16-29-8-10-33-11-9-29/h2-7,13,19H,8-12,14-16H2,1H3,(H,26,32)(H,27,28). The topological polar surface area (TPSA) is 90.6 Å². The number of nitrogens with zero attached hydrogens (tertiary/aromatic N) is 3. The van der Waals surface area contributed by atoms with Gasteiger partial charge in [0.05, 0.1) is 36.7 Å². The van der Waals surface area contributed by atoms with Crippen LogP contribution in [-0.2, 0) is 27.4 Å². The molecular formula is C25H29N5O3. The number of aromatic nitrogens is 2. The highest BCUT2D eigenvalue weighted by molar-refractivity contribution is 5.98. The van der Waals surface area contributed by atoms with E-state index in [4.69, 9.17) is 4.74 Å². The second-order valence-corrected chi connectivity index (χ2v) is 8.95. The minimum Gasteiger partial charge on any atom is -0.379 e. The van der Waals surface area contributed by atoms with Gasteiger partial charge in [0.15, 0.2) is 0 Å². The van der Waals surface area contributed by atoms with E-state index in [1.165, 1.54) is 5.56 Å². The van der Waals surface area contributed by atoms with Crippen LogP contribution in [0.25, 0.3) is 11.0 Å². The maximum absolute atomic E-state index is 12.9. The third-order valence-corrected chi connectivity index (χ3v) is 6.35. The number of benzene rings is 2. The molecule has 2 aliphatic rings. The number of amides is 2. The van der Waals surface area contributed by atoms with Gasteiger partial charge in [-0.2, -0.15) is 0 Å². The van der Waals surface area contributed by atoms with E-state index in [2.05, 4.69) is 20.2 Å². The second kappa shape index (κ2) is 9.33. The van der Waals surface area contributed by atoms with Gasteiger partial charge in [0, 0.05) is 38.3 Å². The molecule has 2 fully saturated rings. The molecule has 2 aromatic carbocycles. The van der Waals surface area contributed by atoms with Gasteiger partial charge in [0.2, 0.25) is 11.8 Å². The third kappa shape index (κ3) is 5.07. The van der Waals surface area contributed by atoms with Crippen molar-refractivity contribution in [2.45, 2.75) is 26.4 Å². The van der Waals surface area contributed by atoms with E-state index in [0.29, 0.717) is 18.8 Å². The number of morpholine rings is 1. The number of aryl methyl sites for hydroxylation is 1. The van der Waals surface area contributed by atoms with Crippen LogP contribution >= 0.6 is 0 Å². The lowest BCUT2D eigenvalue weighted by Gasteiger charge is -2.25. The molecule has 2 aliphatic heterocycles. The summed E-state index contributed by atoms with van der Waals surface area (Å²) in [6.07, 6.45) is 0.244. The number of hydrogen-bond donors (Lipinski definition) is 2. The van der Waals surface area contributed by atoms with Crippen molar-refractivity contribution in [2.24, 2.45) is 5.92 Å². The molecule has 1 atom stereocenters. The number of fused-ring (bicyclic) bond motifs is 1. The Morgan fingerprint density at radius 3 is 2.73 bits per heavy atom. The van der Waals surface area contributed by atoms with Crippen molar-refractivity contribution in [3.8, 4) is 0 Å². The maximum atomic E-state index is 12.9. The fourth-order valence-corrected chi connectivity index (χ4v) is 4.44. The number of hydrogen-bond acceptors (Lipinski definition) is 5. The molecule has 0 spiro atoms. The summed E-state index contributed by atoms with van der Waals surface area (Å²) in [5.74, 6) is 0.454. The molecule has 3 heterocycles. The summed E-state index contributed by atoms with van der Waals surface area (Å²) < 4.78 is 5.40. The Morgan fingerprint density at radius 1 is 1.15 bits per heavy atom. The lowest BCUT2D eigenvalue weighted by atomic mass is 10.1. The van der Waals surface area contributed by atoms with Crippen LogP contribution in [0.15, 0.2) is 42.5 Å². The minimum absolute atomic E-state index is 0.0208. The Balaban J connectivity index is 1.20. The zero-order valence-corrected chi connectivity index (χ0v) is 18.8. The van der Waals surface area contributed by atoms with Crippen LogP contribution in [0.5, 0.6) is 0 Å². The van der Waals surface area contributed by atoms with Gasteiger partial charge < -0.3 is 19.9 Å². The molecule has 1 aromatic heterocycles. The highest BCUT2D eigenvalue weighted by Crippen LogP contribution is 2.24. The van der Waals surface area contributed by atoms with Crippen molar-refractivity contribution in [3.05, 3.63) is 59.4 Å². The van der Waals surface area contributed by atoms with Crippen molar-refractivity contribution in [3.63, 3.8) is 0 Å².